The highest BCUT2D eigenvalue weighted by Gasteiger charge is 2.25. The fraction of sp³-hybridized carbons (Fsp3) is 0.158. The van der Waals surface area contributed by atoms with Gasteiger partial charge in [-0.15, -0.1) is 0 Å². The van der Waals surface area contributed by atoms with Crippen molar-refractivity contribution in [2.75, 3.05) is 6.61 Å². The summed E-state index contributed by atoms with van der Waals surface area (Å²) in [6, 6.07) is 11.6. The van der Waals surface area contributed by atoms with Gasteiger partial charge in [-0.2, -0.15) is 0 Å². The van der Waals surface area contributed by atoms with Gasteiger partial charge in [0.15, 0.2) is 5.70 Å². The number of hydrogen-bond donors (Lipinski definition) is 0. The number of carbonyl (C=O) groups excluding carboxylic acids is 1. The van der Waals surface area contributed by atoms with Gasteiger partial charge in [-0.3, -0.25) is 0 Å². The molecule has 0 saturated heterocycles. The summed E-state index contributed by atoms with van der Waals surface area (Å²) in [6.45, 7) is 4.53. The molecule has 0 aromatic heterocycles. The number of hydrogen-bond acceptors (Lipinski definition) is 4. The van der Waals surface area contributed by atoms with Crippen LogP contribution in [0.3, 0.4) is 0 Å². The van der Waals surface area contributed by atoms with Crippen molar-refractivity contribution in [1.82, 2.24) is 0 Å². The van der Waals surface area contributed by atoms with Crippen LogP contribution in [-0.2, 0) is 9.53 Å². The molecule has 2 aromatic carbocycles. The van der Waals surface area contributed by atoms with E-state index in [9.17, 15) is 4.79 Å². The van der Waals surface area contributed by atoms with Crippen molar-refractivity contribution in [2.24, 2.45) is 4.99 Å². The molecule has 2 aromatic rings. The third-order valence-corrected chi connectivity index (χ3v) is 5.21. The number of aryl methyl sites for hydroxylation is 1. The quantitative estimate of drug-likeness (QED) is 0.303. The highest BCUT2D eigenvalue weighted by Crippen LogP contribution is 2.30. The van der Waals surface area contributed by atoms with Crippen LogP contribution in [-0.4, -0.2) is 18.5 Å². The standard InChI is InChI=1S/C19H15I2NO3/c1-3-24-17-14(20)8-12(9-15(17)21)10-16-19(23)25-18(22-16)13-7-5-4-6-11(13)2/h4-10H,3H2,1-2H3/b16-10-. The van der Waals surface area contributed by atoms with Gasteiger partial charge in [0.1, 0.15) is 5.75 Å². The molecule has 0 N–H and O–H groups in total. The van der Waals surface area contributed by atoms with Crippen LogP contribution in [0.25, 0.3) is 6.08 Å². The second-order valence-corrected chi connectivity index (χ2v) is 7.72. The number of aliphatic imine (C=N–C) groups is 1. The van der Waals surface area contributed by atoms with E-state index in [1.807, 2.05) is 50.2 Å². The first-order valence-electron chi connectivity index (χ1n) is 7.70. The Morgan fingerprint density at radius 3 is 2.52 bits per heavy atom. The molecule has 1 aliphatic heterocycles. The zero-order valence-electron chi connectivity index (χ0n) is 13.7. The molecule has 1 aliphatic rings. The third kappa shape index (κ3) is 4.05. The van der Waals surface area contributed by atoms with E-state index >= 15 is 0 Å². The van der Waals surface area contributed by atoms with Crippen molar-refractivity contribution in [1.29, 1.82) is 0 Å². The fourth-order valence-electron chi connectivity index (χ4n) is 2.44. The number of halogens is 2. The second kappa shape index (κ2) is 7.86. The molecule has 0 spiro atoms. The number of nitrogens with zero attached hydrogens (tertiary/aromatic N) is 1. The van der Waals surface area contributed by atoms with Gasteiger partial charge < -0.3 is 9.47 Å². The minimum absolute atomic E-state index is 0.300. The van der Waals surface area contributed by atoms with E-state index in [2.05, 4.69) is 50.2 Å². The predicted molar refractivity (Wildman–Crippen MR) is 115 cm³/mol. The smallest absolute Gasteiger partial charge is 0.363 e. The molecule has 0 unspecified atom stereocenters. The molecule has 0 bridgehead atoms. The number of cyclic esters (lactones) is 1. The molecule has 0 fully saturated rings. The molecule has 0 atom stereocenters. The topological polar surface area (TPSA) is 47.9 Å². The average Bonchev–Trinajstić information content (AvgIpc) is 2.92. The molecule has 4 nitrogen and oxygen atoms in total. The normalized spacial score (nSPS) is 15.3. The highest BCUT2D eigenvalue weighted by atomic mass is 127. The molecule has 1 heterocycles. The number of ether oxygens (including phenoxy) is 2. The van der Waals surface area contributed by atoms with Gasteiger partial charge in [0, 0.05) is 5.56 Å². The summed E-state index contributed by atoms with van der Waals surface area (Å²) in [7, 11) is 0. The molecule has 3 rings (SSSR count). The molecule has 128 valence electrons. The Morgan fingerprint density at radius 2 is 1.88 bits per heavy atom. The Hall–Kier alpha value is -1.42. The molecule has 0 aliphatic carbocycles. The van der Waals surface area contributed by atoms with Crippen molar-refractivity contribution in [3.05, 3.63) is 65.9 Å². The molecule has 0 amide bonds. The van der Waals surface area contributed by atoms with Crippen LogP contribution in [0.1, 0.15) is 23.6 Å². The Labute approximate surface area is 173 Å². The third-order valence-electron chi connectivity index (χ3n) is 3.61. The fourth-order valence-corrected chi connectivity index (χ4v) is 4.57. The first-order valence-corrected chi connectivity index (χ1v) is 9.85. The van der Waals surface area contributed by atoms with E-state index in [-0.39, 0.29) is 0 Å². The number of rotatable bonds is 4. The lowest BCUT2D eigenvalue weighted by atomic mass is 10.1. The maximum atomic E-state index is 12.2. The van der Waals surface area contributed by atoms with Crippen LogP contribution in [0.4, 0.5) is 0 Å². The van der Waals surface area contributed by atoms with Crippen LogP contribution in [0.15, 0.2) is 47.1 Å². The van der Waals surface area contributed by atoms with Crippen molar-refractivity contribution in [2.45, 2.75) is 13.8 Å². The van der Waals surface area contributed by atoms with Crippen LogP contribution in [0.2, 0.25) is 0 Å². The average molecular weight is 559 g/mol. The minimum atomic E-state index is -0.433. The lowest BCUT2D eigenvalue weighted by Gasteiger charge is -2.09. The van der Waals surface area contributed by atoms with Gasteiger partial charge in [-0.05, 0) is 94.4 Å². The summed E-state index contributed by atoms with van der Waals surface area (Å²) in [5.41, 5.74) is 3.03. The van der Waals surface area contributed by atoms with E-state index in [0.717, 1.165) is 29.6 Å². The molecular formula is C19H15I2NO3. The monoisotopic (exact) mass is 559 g/mol. The molecular weight excluding hydrogens is 544 g/mol. The first kappa shape index (κ1) is 18.4. The Kier molecular flexibility index (Phi) is 5.78. The van der Waals surface area contributed by atoms with Crippen molar-refractivity contribution < 1.29 is 14.3 Å². The Morgan fingerprint density at radius 1 is 1.20 bits per heavy atom. The maximum Gasteiger partial charge on any atom is 0.363 e. The highest BCUT2D eigenvalue weighted by molar-refractivity contribution is 14.1. The SMILES string of the molecule is CCOc1c(I)cc(/C=C2\N=C(c3ccccc3C)OC2=O)cc1I. The Bertz CT molecular complexity index is 880. The summed E-state index contributed by atoms with van der Waals surface area (Å²) >= 11 is 4.47. The summed E-state index contributed by atoms with van der Waals surface area (Å²) in [5.74, 6) is 0.783. The summed E-state index contributed by atoms with van der Waals surface area (Å²) < 4.78 is 13.0. The number of benzene rings is 2. The van der Waals surface area contributed by atoms with E-state index < -0.39 is 5.97 Å². The van der Waals surface area contributed by atoms with Gasteiger partial charge in [-0.1, -0.05) is 18.2 Å². The van der Waals surface area contributed by atoms with Gasteiger partial charge in [-0.25, -0.2) is 9.79 Å². The molecule has 0 radical (unpaired) electrons. The molecule has 6 heteroatoms. The lowest BCUT2D eigenvalue weighted by molar-refractivity contribution is -0.129. The van der Waals surface area contributed by atoms with E-state index in [4.69, 9.17) is 9.47 Å². The van der Waals surface area contributed by atoms with Crippen molar-refractivity contribution in [3.8, 4) is 5.75 Å². The van der Waals surface area contributed by atoms with Crippen LogP contribution in [0, 0.1) is 14.1 Å². The maximum absolute atomic E-state index is 12.2. The van der Waals surface area contributed by atoms with Gasteiger partial charge in [0.05, 0.1) is 13.7 Å². The summed E-state index contributed by atoms with van der Waals surface area (Å²) in [5, 5.41) is 0. The zero-order chi connectivity index (χ0) is 18.0. The number of esters is 1. The largest absolute Gasteiger partial charge is 0.492 e. The lowest BCUT2D eigenvalue weighted by Crippen LogP contribution is -2.06. The van der Waals surface area contributed by atoms with Gasteiger partial charge >= 0.3 is 5.97 Å². The Balaban J connectivity index is 1.96. The predicted octanol–water partition coefficient (Wildman–Crippen LogP) is 4.95. The van der Waals surface area contributed by atoms with Crippen LogP contribution >= 0.6 is 45.2 Å². The molecule has 25 heavy (non-hydrogen) atoms. The van der Waals surface area contributed by atoms with Crippen molar-refractivity contribution >= 4 is 63.1 Å². The first-order chi connectivity index (χ1) is 12.0. The summed E-state index contributed by atoms with van der Waals surface area (Å²) in [6.07, 6.45) is 1.74. The number of carbonyl (C=O) groups is 1. The van der Waals surface area contributed by atoms with Gasteiger partial charge in [0.2, 0.25) is 5.90 Å². The van der Waals surface area contributed by atoms with Gasteiger partial charge in [0.25, 0.3) is 0 Å². The van der Waals surface area contributed by atoms with E-state index in [1.165, 1.54) is 0 Å². The second-order valence-electron chi connectivity index (χ2n) is 5.40. The molecule has 0 saturated carbocycles. The summed E-state index contributed by atoms with van der Waals surface area (Å²) in [4.78, 5) is 16.6. The van der Waals surface area contributed by atoms with E-state index in [0.29, 0.717) is 18.2 Å². The minimum Gasteiger partial charge on any atom is -0.492 e. The van der Waals surface area contributed by atoms with E-state index in [1.54, 1.807) is 6.08 Å². The van der Waals surface area contributed by atoms with Crippen LogP contribution < -0.4 is 4.74 Å². The zero-order valence-corrected chi connectivity index (χ0v) is 18.0. The van der Waals surface area contributed by atoms with Crippen LogP contribution in [0.5, 0.6) is 5.75 Å². The van der Waals surface area contributed by atoms with Crippen molar-refractivity contribution in [3.63, 3.8) is 0 Å².